The highest BCUT2D eigenvalue weighted by molar-refractivity contribution is 6.19. The summed E-state index contributed by atoms with van der Waals surface area (Å²) in [6.45, 7) is 0. The molecule has 5 nitrogen and oxygen atoms in total. The summed E-state index contributed by atoms with van der Waals surface area (Å²) in [7, 11) is 0. The lowest BCUT2D eigenvalue weighted by atomic mass is 9.98. The molecule has 5 heteroatoms. The van der Waals surface area contributed by atoms with Crippen molar-refractivity contribution in [2.45, 2.75) is 0 Å². The summed E-state index contributed by atoms with van der Waals surface area (Å²) in [4.78, 5) is 15.8. The topological polar surface area (TPSA) is 48.5 Å². The Kier molecular flexibility index (Phi) is 9.43. The highest BCUT2D eigenvalue weighted by Gasteiger charge is 2.22. The van der Waals surface area contributed by atoms with Crippen LogP contribution in [0.4, 0.5) is 0 Å². The van der Waals surface area contributed by atoms with Crippen LogP contribution in [0, 0.1) is 0 Å². The first kappa shape index (κ1) is 39.2. The van der Waals surface area contributed by atoms with E-state index in [2.05, 4.69) is 240 Å². The number of hydrogen-bond acceptors (Lipinski definition) is 3. The van der Waals surface area contributed by atoms with Crippen molar-refractivity contribution >= 4 is 43.6 Å². The Morgan fingerprint density at radius 2 is 0.632 bits per heavy atom. The second-order valence-electron chi connectivity index (χ2n) is 17.2. The first-order valence-electron chi connectivity index (χ1n) is 23.0. The van der Waals surface area contributed by atoms with Crippen LogP contribution in [0.3, 0.4) is 0 Å². The quantitative estimate of drug-likeness (QED) is 0.153. The number of benzene rings is 10. The van der Waals surface area contributed by atoms with Crippen LogP contribution in [0.2, 0.25) is 0 Å². The smallest absolute Gasteiger partial charge is 0.238 e. The minimum Gasteiger partial charge on any atom is -0.309 e. The summed E-state index contributed by atoms with van der Waals surface area (Å²) in [6, 6.07) is 88.3. The van der Waals surface area contributed by atoms with Crippen molar-refractivity contribution in [2.75, 3.05) is 0 Å². The van der Waals surface area contributed by atoms with Crippen molar-refractivity contribution in [3.63, 3.8) is 0 Å². The molecule has 0 bridgehead atoms. The molecule has 13 aromatic rings. The zero-order chi connectivity index (χ0) is 45.0. The van der Waals surface area contributed by atoms with Gasteiger partial charge >= 0.3 is 0 Å². The van der Waals surface area contributed by atoms with E-state index >= 15 is 0 Å². The number of hydrogen-bond donors (Lipinski definition) is 0. The van der Waals surface area contributed by atoms with E-state index in [1.807, 2.05) is 18.2 Å². The Labute approximate surface area is 393 Å². The number of para-hydroxylation sites is 2. The summed E-state index contributed by atoms with van der Waals surface area (Å²) < 4.78 is 4.68. The summed E-state index contributed by atoms with van der Waals surface area (Å²) in [6.07, 6.45) is 0. The van der Waals surface area contributed by atoms with Gasteiger partial charge in [-0.3, -0.25) is 4.57 Å². The number of rotatable bonds is 8. The highest BCUT2D eigenvalue weighted by Crippen LogP contribution is 2.42. The zero-order valence-electron chi connectivity index (χ0n) is 36.9. The minimum atomic E-state index is 0.560. The Morgan fingerprint density at radius 3 is 1.21 bits per heavy atom. The molecule has 0 spiro atoms. The normalized spacial score (nSPS) is 11.5. The van der Waals surface area contributed by atoms with Crippen LogP contribution >= 0.6 is 0 Å². The van der Waals surface area contributed by atoms with Crippen LogP contribution in [-0.2, 0) is 0 Å². The van der Waals surface area contributed by atoms with Crippen molar-refractivity contribution in [2.24, 2.45) is 0 Å². The molecule has 3 aromatic heterocycles. The Bertz CT molecular complexity index is 3990. The van der Waals surface area contributed by atoms with Crippen molar-refractivity contribution in [3.05, 3.63) is 249 Å². The molecule has 0 saturated heterocycles. The van der Waals surface area contributed by atoms with E-state index in [1.54, 1.807) is 0 Å². The summed E-state index contributed by atoms with van der Waals surface area (Å²) in [5, 5.41) is 4.54. The molecule has 68 heavy (non-hydrogen) atoms. The van der Waals surface area contributed by atoms with Crippen LogP contribution < -0.4 is 0 Å². The van der Waals surface area contributed by atoms with Crippen LogP contribution in [0.1, 0.15) is 0 Å². The first-order valence-corrected chi connectivity index (χ1v) is 23.0. The highest BCUT2D eigenvalue weighted by atomic mass is 15.2. The van der Waals surface area contributed by atoms with Gasteiger partial charge in [0.15, 0.2) is 11.6 Å². The van der Waals surface area contributed by atoms with Crippen LogP contribution in [0.15, 0.2) is 249 Å². The average Bonchev–Trinajstić information content (AvgIpc) is 3.92. The van der Waals surface area contributed by atoms with E-state index in [4.69, 9.17) is 15.0 Å². The molecule has 0 atom stereocenters. The van der Waals surface area contributed by atoms with Crippen molar-refractivity contribution in [1.82, 2.24) is 24.1 Å². The maximum absolute atomic E-state index is 5.34. The van der Waals surface area contributed by atoms with Crippen LogP contribution in [0.5, 0.6) is 0 Å². The number of fused-ring (bicyclic) bond motifs is 6. The minimum absolute atomic E-state index is 0.560. The molecule has 0 aliphatic carbocycles. The molecule has 0 N–H and O–H groups in total. The van der Waals surface area contributed by atoms with Gasteiger partial charge in [-0.05, 0) is 75.3 Å². The van der Waals surface area contributed by atoms with Gasteiger partial charge in [0.25, 0.3) is 0 Å². The standard InChI is InChI=1S/C63H41N5/c1-5-18-42(19-6-1)48-26-17-27-49(38-48)44-32-34-47(35-33-44)62-64-61(46-24-11-4-12-25-46)65-63(66-62)68-57-31-16-14-29-53(57)55-40-59-54(41-60(55)68)52-28-13-15-30-56(52)67(59)58-39-50(43-20-7-2-8-21-43)36-37-51(58)45-22-9-3-10-23-45/h1-41H. The second-order valence-corrected chi connectivity index (χ2v) is 17.2. The lowest BCUT2D eigenvalue weighted by molar-refractivity contribution is 0.954. The third kappa shape index (κ3) is 6.76. The van der Waals surface area contributed by atoms with Crippen LogP contribution in [0.25, 0.3) is 123 Å². The van der Waals surface area contributed by atoms with E-state index in [0.29, 0.717) is 17.6 Å². The predicted molar refractivity (Wildman–Crippen MR) is 281 cm³/mol. The molecular formula is C63H41N5. The first-order chi connectivity index (χ1) is 33.7. The summed E-state index contributed by atoms with van der Waals surface area (Å²) in [5.41, 5.74) is 16.6. The van der Waals surface area contributed by atoms with Gasteiger partial charge in [0.05, 0.1) is 27.8 Å². The number of nitrogens with zero attached hydrogens (tertiary/aromatic N) is 5. The van der Waals surface area contributed by atoms with E-state index < -0.39 is 0 Å². The molecule has 0 unspecified atom stereocenters. The van der Waals surface area contributed by atoms with Gasteiger partial charge < -0.3 is 4.57 Å². The van der Waals surface area contributed by atoms with Gasteiger partial charge in [-0.1, -0.05) is 212 Å². The molecule has 0 aliphatic heterocycles. The third-order valence-electron chi connectivity index (χ3n) is 13.2. The van der Waals surface area contributed by atoms with E-state index in [0.717, 1.165) is 82.9 Å². The van der Waals surface area contributed by atoms with Crippen molar-refractivity contribution in [1.29, 1.82) is 0 Å². The summed E-state index contributed by atoms with van der Waals surface area (Å²) >= 11 is 0. The zero-order valence-corrected chi connectivity index (χ0v) is 36.9. The van der Waals surface area contributed by atoms with Gasteiger partial charge in [-0.25, -0.2) is 4.98 Å². The molecule has 318 valence electrons. The molecule has 0 radical (unpaired) electrons. The van der Waals surface area contributed by atoms with Gasteiger partial charge in [0.2, 0.25) is 5.95 Å². The number of aromatic nitrogens is 5. The Morgan fingerprint density at radius 1 is 0.235 bits per heavy atom. The lowest BCUT2D eigenvalue weighted by Gasteiger charge is -2.16. The van der Waals surface area contributed by atoms with Gasteiger partial charge in [0, 0.05) is 38.2 Å². The molecule has 0 amide bonds. The Hall–Kier alpha value is -9.19. The molecule has 0 saturated carbocycles. The SMILES string of the molecule is c1ccc(-c2cccc(-c3ccc(-c4nc(-c5ccccc5)nc(-n5c6ccccc6c6cc7c(cc65)c5ccccc5n7-c5cc(-c6ccccc6)ccc5-c5ccccc5)n4)cc3)c2)cc1. The maximum Gasteiger partial charge on any atom is 0.238 e. The van der Waals surface area contributed by atoms with E-state index in [9.17, 15) is 0 Å². The second kappa shape index (κ2) is 16.4. The van der Waals surface area contributed by atoms with Crippen molar-refractivity contribution < 1.29 is 0 Å². The van der Waals surface area contributed by atoms with Gasteiger partial charge in [0.1, 0.15) is 0 Å². The van der Waals surface area contributed by atoms with Crippen molar-refractivity contribution in [3.8, 4) is 78.9 Å². The fourth-order valence-electron chi connectivity index (χ4n) is 9.93. The van der Waals surface area contributed by atoms with E-state index in [1.165, 1.54) is 22.1 Å². The van der Waals surface area contributed by atoms with Gasteiger partial charge in [-0.2, -0.15) is 9.97 Å². The molecule has 3 heterocycles. The molecule has 13 rings (SSSR count). The summed E-state index contributed by atoms with van der Waals surface area (Å²) in [5.74, 6) is 1.78. The van der Waals surface area contributed by atoms with Crippen LogP contribution in [-0.4, -0.2) is 24.1 Å². The largest absolute Gasteiger partial charge is 0.309 e. The molecule has 0 fully saturated rings. The van der Waals surface area contributed by atoms with Gasteiger partial charge in [-0.15, -0.1) is 0 Å². The predicted octanol–water partition coefficient (Wildman–Crippen LogP) is 16.1. The third-order valence-corrected chi connectivity index (χ3v) is 13.2. The molecule has 0 aliphatic rings. The monoisotopic (exact) mass is 867 g/mol. The fourth-order valence-corrected chi connectivity index (χ4v) is 9.93. The molecular weight excluding hydrogens is 827 g/mol. The average molecular weight is 868 g/mol. The maximum atomic E-state index is 5.34. The fraction of sp³-hybridized carbons (Fsp3) is 0. The lowest BCUT2D eigenvalue weighted by Crippen LogP contribution is -2.06. The molecule has 10 aromatic carbocycles. The van der Waals surface area contributed by atoms with E-state index in [-0.39, 0.29) is 0 Å². The Balaban J connectivity index is 1.02.